The van der Waals surface area contributed by atoms with Crippen LogP contribution in [0.25, 0.3) is 11.3 Å². The Hall–Kier alpha value is -3.42. The lowest BCUT2D eigenvalue weighted by molar-refractivity contribution is -0.151. The molecule has 2 aromatic heterocycles. The fraction of sp³-hybridized carbons (Fsp3) is 0.462. The Morgan fingerprint density at radius 3 is 2.41 bits per heavy atom. The molecule has 8 heteroatoms. The van der Waals surface area contributed by atoms with Crippen LogP contribution in [0.3, 0.4) is 0 Å². The Kier molecular flexibility index (Phi) is 6.34. The van der Waals surface area contributed by atoms with Crippen LogP contribution in [-0.2, 0) is 14.9 Å². The van der Waals surface area contributed by atoms with Gasteiger partial charge >= 0.3 is 5.97 Å². The molecule has 0 aliphatic heterocycles. The predicted octanol–water partition coefficient (Wildman–Crippen LogP) is 5.69. The number of aromatic nitrogens is 3. The molecule has 0 atom stereocenters. The van der Waals surface area contributed by atoms with Crippen molar-refractivity contribution in [2.24, 2.45) is 0 Å². The van der Waals surface area contributed by atoms with Crippen molar-refractivity contribution in [1.29, 1.82) is 0 Å². The van der Waals surface area contributed by atoms with Gasteiger partial charge < -0.3 is 19.9 Å². The summed E-state index contributed by atoms with van der Waals surface area (Å²) in [4.78, 5) is 21.9. The average molecular weight is 464 g/mol. The summed E-state index contributed by atoms with van der Waals surface area (Å²) in [7, 11) is 1.45. The summed E-state index contributed by atoms with van der Waals surface area (Å²) in [6.07, 6.45) is 3.60. The number of aryl methyl sites for hydroxylation is 2. The van der Waals surface area contributed by atoms with E-state index >= 15 is 0 Å². The molecule has 1 aromatic carbocycles. The van der Waals surface area contributed by atoms with Crippen molar-refractivity contribution in [3.05, 3.63) is 47.3 Å². The molecule has 8 nitrogen and oxygen atoms in total. The van der Waals surface area contributed by atoms with E-state index in [2.05, 4.69) is 36.6 Å². The zero-order valence-corrected chi connectivity index (χ0v) is 20.8. The summed E-state index contributed by atoms with van der Waals surface area (Å²) in [6.45, 7) is 10.2. The largest absolute Gasteiger partial charge is 0.468 e. The first-order chi connectivity index (χ1) is 16.2. The molecule has 3 aromatic rings. The number of hydrogen-bond acceptors (Lipinski definition) is 8. The molecule has 2 heterocycles. The second-order valence-electron chi connectivity index (χ2n) is 9.65. The van der Waals surface area contributed by atoms with Crippen molar-refractivity contribution in [2.45, 2.75) is 71.3 Å². The van der Waals surface area contributed by atoms with Crippen molar-refractivity contribution >= 4 is 23.4 Å². The van der Waals surface area contributed by atoms with Crippen LogP contribution in [0.5, 0.6) is 0 Å². The van der Waals surface area contributed by atoms with Crippen LogP contribution in [0.1, 0.15) is 63.5 Å². The van der Waals surface area contributed by atoms with Gasteiger partial charge in [-0.15, -0.1) is 0 Å². The standard InChI is InChI=1S/C26H33N5O3/c1-7-25(4,5)30-21-15-20(22-16(2)31-34-17(22)3)28-24(29-21)27-19-11-9-18(10-12-19)26(13-8-14-26)23(32)33-6/h9-12,15H,7-8,13-14H2,1-6H3,(H2,27,28,29,30). The third kappa shape index (κ3) is 4.49. The minimum Gasteiger partial charge on any atom is -0.468 e. The third-order valence-electron chi connectivity index (χ3n) is 6.84. The summed E-state index contributed by atoms with van der Waals surface area (Å²) >= 11 is 0. The first-order valence-corrected chi connectivity index (χ1v) is 11.7. The van der Waals surface area contributed by atoms with Crippen LogP contribution in [0.2, 0.25) is 0 Å². The van der Waals surface area contributed by atoms with E-state index in [0.717, 1.165) is 59.7 Å². The van der Waals surface area contributed by atoms with Gasteiger partial charge in [0.1, 0.15) is 11.6 Å². The number of carbonyl (C=O) groups is 1. The van der Waals surface area contributed by atoms with E-state index in [1.54, 1.807) is 0 Å². The van der Waals surface area contributed by atoms with Crippen LogP contribution >= 0.6 is 0 Å². The van der Waals surface area contributed by atoms with E-state index in [-0.39, 0.29) is 11.5 Å². The van der Waals surface area contributed by atoms with Gasteiger partial charge in [-0.05, 0) is 64.7 Å². The van der Waals surface area contributed by atoms with Crippen molar-refractivity contribution in [3.63, 3.8) is 0 Å². The average Bonchev–Trinajstić information content (AvgIpc) is 3.11. The van der Waals surface area contributed by atoms with Crippen molar-refractivity contribution in [2.75, 3.05) is 17.7 Å². The van der Waals surface area contributed by atoms with Crippen LogP contribution in [-0.4, -0.2) is 33.7 Å². The highest BCUT2D eigenvalue weighted by Crippen LogP contribution is 2.45. The van der Waals surface area contributed by atoms with Crippen LogP contribution < -0.4 is 10.6 Å². The molecule has 0 bridgehead atoms. The van der Waals surface area contributed by atoms with E-state index in [9.17, 15) is 4.79 Å². The molecule has 34 heavy (non-hydrogen) atoms. The number of anilines is 3. The SMILES string of the molecule is CCC(C)(C)Nc1cc(-c2c(C)noc2C)nc(Nc2ccc(C3(C(=O)OC)CCC3)cc2)n1. The lowest BCUT2D eigenvalue weighted by atomic mass is 9.64. The monoisotopic (exact) mass is 463 g/mol. The molecule has 1 aliphatic carbocycles. The molecule has 0 spiro atoms. The number of carbonyl (C=O) groups excluding carboxylic acids is 1. The van der Waals surface area contributed by atoms with E-state index in [1.807, 2.05) is 44.2 Å². The smallest absolute Gasteiger partial charge is 0.316 e. The predicted molar refractivity (Wildman–Crippen MR) is 132 cm³/mol. The summed E-state index contributed by atoms with van der Waals surface area (Å²) in [6, 6.07) is 9.79. The Balaban J connectivity index is 1.66. The number of hydrogen-bond donors (Lipinski definition) is 2. The minimum atomic E-state index is -0.518. The Morgan fingerprint density at radius 2 is 1.88 bits per heavy atom. The second-order valence-corrected chi connectivity index (χ2v) is 9.65. The maximum Gasteiger partial charge on any atom is 0.316 e. The van der Waals surface area contributed by atoms with Crippen molar-refractivity contribution < 1.29 is 14.1 Å². The van der Waals surface area contributed by atoms with Crippen molar-refractivity contribution in [3.8, 4) is 11.3 Å². The Bertz CT molecular complexity index is 1160. The number of methoxy groups -OCH3 is 1. The van der Waals surface area contributed by atoms with Crippen LogP contribution in [0.15, 0.2) is 34.9 Å². The number of benzene rings is 1. The van der Waals surface area contributed by atoms with E-state index in [1.165, 1.54) is 7.11 Å². The molecule has 0 saturated heterocycles. The second kappa shape index (κ2) is 9.08. The first kappa shape index (κ1) is 23.7. The Morgan fingerprint density at radius 1 is 1.18 bits per heavy atom. The van der Waals surface area contributed by atoms with Gasteiger partial charge in [0.15, 0.2) is 0 Å². The Labute approximate surface area is 200 Å². The topological polar surface area (TPSA) is 102 Å². The van der Waals surface area contributed by atoms with Crippen LogP contribution in [0.4, 0.5) is 17.5 Å². The molecule has 2 N–H and O–H groups in total. The molecule has 0 radical (unpaired) electrons. The normalized spacial score (nSPS) is 14.9. The lowest BCUT2D eigenvalue weighted by Gasteiger charge is -2.39. The van der Waals surface area contributed by atoms with Gasteiger partial charge in [0.05, 0.1) is 29.5 Å². The maximum absolute atomic E-state index is 12.4. The molecule has 4 rings (SSSR count). The summed E-state index contributed by atoms with van der Waals surface area (Å²) in [5, 5.41) is 10.9. The number of esters is 1. The van der Waals surface area contributed by atoms with E-state index in [0.29, 0.717) is 11.7 Å². The number of ether oxygens (including phenoxy) is 1. The molecule has 1 aliphatic rings. The van der Waals surface area contributed by atoms with Crippen LogP contribution in [0, 0.1) is 13.8 Å². The molecule has 0 unspecified atom stereocenters. The molecule has 1 saturated carbocycles. The summed E-state index contributed by atoms with van der Waals surface area (Å²) < 4.78 is 10.4. The third-order valence-corrected chi connectivity index (χ3v) is 6.84. The molecular formula is C26H33N5O3. The minimum absolute atomic E-state index is 0.131. The fourth-order valence-electron chi connectivity index (χ4n) is 4.32. The van der Waals surface area contributed by atoms with Gasteiger partial charge in [-0.2, -0.15) is 4.98 Å². The van der Waals surface area contributed by atoms with E-state index in [4.69, 9.17) is 19.2 Å². The lowest BCUT2D eigenvalue weighted by Crippen LogP contribution is -2.43. The van der Waals surface area contributed by atoms with Gasteiger partial charge in [0, 0.05) is 17.3 Å². The van der Waals surface area contributed by atoms with E-state index < -0.39 is 5.41 Å². The quantitative estimate of drug-likeness (QED) is 0.411. The number of rotatable bonds is 8. The molecule has 0 amide bonds. The van der Waals surface area contributed by atoms with Gasteiger partial charge in [-0.25, -0.2) is 4.98 Å². The van der Waals surface area contributed by atoms with Gasteiger partial charge in [0.2, 0.25) is 5.95 Å². The van der Waals surface area contributed by atoms with Gasteiger partial charge in [0.25, 0.3) is 0 Å². The summed E-state index contributed by atoms with van der Waals surface area (Å²) in [5.41, 5.74) is 3.54. The first-order valence-electron chi connectivity index (χ1n) is 11.7. The highest BCUT2D eigenvalue weighted by molar-refractivity contribution is 5.84. The summed E-state index contributed by atoms with van der Waals surface area (Å²) in [5.74, 6) is 1.73. The highest BCUT2D eigenvalue weighted by atomic mass is 16.5. The zero-order valence-electron chi connectivity index (χ0n) is 20.8. The number of nitrogens with one attached hydrogen (secondary N) is 2. The number of nitrogens with zero attached hydrogens (tertiary/aromatic N) is 3. The van der Waals surface area contributed by atoms with Crippen molar-refractivity contribution in [1.82, 2.24) is 15.1 Å². The molecule has 180 valence electrons. The maximum atomic E-state index is 12.4. The molecular weight excluding hydrogens is 430 g/mol. The zero-order chi connectivity index (χ0) is 24.5. The van der Waals surface area contributed by atoms with Gasteiger partial charge in [-0.3, -0.25) is 4.79 Å². The highest BCUT2D eigenvalue weighted by Gasteiger charge is 2.46. The molecule has 1 fully saturated rings. The van der Waals surface area contributed by atoms with Gasteiger partial charge in [-0.1, -0.05) is 30.6 Å². The fourth-order valence-corrected chi connectivity index (χ4v) is 4.32.